The number of oxazole rings is 1. The molecule has 10 nitrogen and oxygen atoms in total. The number of nitrogens with zero attached hydrogens (tertiary/aromatic N) is 3. The van der Waals surface area contributed by atoms with Gasteiger partial charge in [0.05, 0.1) is 41.6 Å². The number of benzene rings is 1. The third-order valence-electron chi connectivity index (χ3n) is 7.41. The fourth-order valence-corrected chi connectivity index (χ4v) is 7.17. The van der Waals surface area contributed by atoms with Crippen molar-refractivity contribution in [3.05, 3.63) is 59.8 Å². The van der Waals surface area contributed by atoms with Crippen molar-refractivity contribution in [2.75, 3.05) is 13.2 Å². The molecule has 2 aromatic rings. The van der Waals surface area contributed by atoms with Crippen LogP contribution in [0.2, 0.25) is 0 Å². The van der Waals surface area contributed by atoms with E-state index in [1.807, 2.05) is 37.3 Å². The first-order valence-electron chi connectivity index (χ1n) is 12.0. The maximum Gasteiger partial charge on any atom is 0.329 e. The number of aliphatic hydroxyl groups excluding tert-OH is 1. The molecule has 5 atom stereocenters. The van der Waals surface area contributed by atoms with Gasteiger partial charge < -0.3 is 24.3 Å². The third kappa shape index (κ3) is 3.79. The SMILES string of the molecule is CC1=C(c2ncco2)SC2C3N(C[C@H](OC[C@@H](C)O)c4ccccc4)C(=O)N(C(C)(C)C(=O)O)C(=O)C123. The van der Waals surface area contributed by atoms with Gasteiger partial charge in [0.25, 0.3) is 0 Å². The zero-order valence-corrected chi connectivity index (χ0v) is 21.8. The predicted octanol–water partition coefficient (Wildman–Crippen LogP) is 3.16. The van der Waals surface area contributed by atoms with E-state index >= 15 is 0 Å². The minimum atomic E-state index is -1.78. The number of aliphatic carboxylic acids is 1. The molecule has 11 heteroatoms. The van der Waals surface area contributed by atoms with Gasteiger partial charge in [-0.1, -0.05) is 30.3 Å². The van der Waals surface area contributed by atoms with Crippen molar-refractivity contribution >= 4 is 34.6 Å². The summed E-state index contributed by atoms with van der Waals surface area (Å²) < 4.78 is 11.5. The summed E-state index contributed by atoms with van der Waals surface area (Å²) in [5, 5.41) is 19.5. The van der Waals surface area contributed by atoms with Crippen molar-refractivity contribution < 1.29 is 33.8 Å². The van der Waals surface area contributed by atoms with E-state index in [2.05, 4.69) is 4.98 Å². The molecule has 0 bridgehead atoms. The third-order valence-corrected chi connectivity index (χ3v) is 9.01. The molecule has 196 valence electrons. The molecular formula is C26H29N3O7S. The van der Waals surface area contributed by atoms with E-state index in [1.54, 1.807) is 11.8 Å². The topological polar surface area (TPSA) is 133 Å². The number of hydrogen-bond acceptors (Lipinski definition) is 8. The zero-order chi connectivity index (χ0) is 26.7. The van der Waals surface area contributed by atoms with Crippen LogP contribution < -0.4 is 0 Å². The molecule has 1 aromatic carbocycles. The van der Waals surface area contributed by atoms with E-state index < -0.39 is 47.1 Å². The Kier molecular flexibility index (Phi) is 6.20. The molecule has 1 saturated carbocycles. The number of rotatable bonds is 9. The van der Waals surface area contributed by atoms with Crippen LogP contribution in [0.25, 0.3) is 4.91 Å². The number of fused-ring (bicyclic) bond motifs is 1. The van der Waals surface area contributed by atoms with E-state index in [1.165, 1.54) is 38.1 Å². The molecule has 3 aliphatic rings. The van der Waals surface area contributed by atoms with Gasteiger partial charge in [-0.05, 0) is 38.8 Å². The van der Waals surface area contributed by atoms with E-state index in [4.69, 9.17) is 9.15 Å². The Morgan fingerprint density at radius 3 is 2.59 bits per heavy atom. The zero-order valence-electron chi connectivity index (χ0n) is 21.0. The number of carbonyl (C=O) groups is 3. The Labute approximate surface area is 218 Å². The normalized spacial score (nSPS) is 26.7. The number of ether oxygens (including phenoxy) is 1. The van der Waals surface area contributed by atoms with Gasteiger partial charge in [0.1, 0.15) is 23.3 Å². The highest BCUT2D eigenvalue weighted by Gasteiger charge is 2.82. The summed E-state index contributed by atoms with van der Waals surface area (Å²) >= 11 is 1.43. The summed E-state index contributed by atoms with van der Waals surface area (Å²) in [5.41, 5.74) is -1.35. The van der Waals surface area contributed by atoms with Crippen molar-refractivity contribution in [1.82, 2.24) is 14.8 Å². The molecule has 2 N–H and O–H groups in total. The minimum Gasteiger partial charge on any atom is -0.480 e. The summed E-state index contributed by atoms with van der Waals surface area (Å²) in [6, 6.07) is 8.17. The lowest BCUT2D eigenvalue weighted by Gasteiger charge is -2.44. The number of thioether (sulfide) groups is 1. The second-order valence-corrected chi connectivity index (χ2v) is 11.3. The largest absolute Gasteiger partial charge is 0.480 e. The van der Waals surface area contributed by atoms with Crippen molar-refractivity contribution in [2.45, 2.75) is 56.7 Å². The number of aromatic nitrogens is 1. The summed E-state index contributed by atoms with van der Waals surface area (Å²) in [7, 11) is 0. The van der Waals surface area contributed by atoms with Crippen LogP contribution in [0, 0.1) is 5.41 Å². The molecule has 5 rings (SSSR count). The van der Waals surface area contributed by atoms with Crippen LogP contribution in [-0.4, -0.2) is 79.0 Å². The Bertz CT molecular complexity index is 1260. The van der Waals surface area contributed by atoms with Gasteiger partial charge in [-0.15, -0.1) is 11.8 Å². The molecule has 2 fully saturated rings. The molecule has 37 heavy (non-hydrogen) atoms. The molecule has 1 aromatic heterocycles. The number of hydrogen-bond donors (Lipinski definition) is 2. The van der Waals surface area contributed by atoms with Crippen LogP contribution in [0.4, 0.5) is 4.79 Å². The average Bonchev–Trinajstić information content (AvgIpc) is 3.13. The van der Waals surface area contributed by atoms with Gasteiger partial charge >= 0.3 is 12.0 Å². The molecule has 0 radical (unpaired) electrons. The lowest BCUT2D eigenvalue weighted by atomic mass is 9.89. The fraction of sp³-hybridized carbons (Fsp3) is 0.462. The molecule has 3 unspecified atom stereocenters. The molecule has 1 aliphatic carbocycles. The van der Waals surface area contributed by atoms with Crippen molar-refractivity contribution in [3.63, 3.8) is 0 Å². The van der Waals surface area contributed by atoms with Gasteiger partial charge in [0.15, 0.2) is 0 Å². The highest BCUT2D eigenvalue weighted by Crippen LogP contribution is 2.72. The van der Waals surface area contributed by atoms with Crippen LogP contribution in [0.5, 0.6) is 0 Å². The smallest absolute Gasteiger partial charge is 0.329 e. The quantitative estimate of drug-likeness (QED) is 0.504. The van der Waals surface area contributed by atoms with E-state index in [0.717, 1.165) is 15.4 Å². The van der Waals surface area contributed by atoms with Crippen molar-refractivity contribution in [1.29, 1.82) is 0 Å². The number of carboxylic acids is 1. The standard InChI is InChI=1S/C26H29N3O7S/c1-14(30)13-36-17(16-8-6-5-7-9-16)12-28-19-20-26(19,15(2)18(37-20)21-27-10-11-35-21)22(31)29(24(28)34)25(3,4)23(32)33/h5-11,14,17,19-20,30H,12-13H2,1-4H3,(H,32,33)/t14-,17+,19?,20?,26?/m1/s1. The molecular weight excluding hydrogens is 498 g/mol. The van der Waals surface area contributed by atoms with Crippen LogP contribution in [-0.2, 0) is 14.3 Å². The van der Waals surface area contributed by atoms with E-state index in [9.17, 15) is 24.6 Å². The first-order chi connectivity index (χ1) is 17.5. The van der Waals surface area contributed by atoms with Crippen LogP contribution in [0.3, 0.4) is 0 Å². The first-order valence-corrected chi connectivity index (χ1v) is 12.9. The lowest BCUT2D eigenvalue weighted by molar-refractivity contribution is -0.157. The summed E-state index contributed by atoms with van der Waals surface area (Å²) in [5.74, 6) is -1.42. The Morgan fingerprint density at radius 1 is 1.30 bits per heavy atom. The number of carboxylic acid groups (broad SMARTS) is 1. The maximum absolute atomic E-state index is 14.0. The van der Waals surface area contributed by atoms with E-state index in [-0.39, 0.29) is 18.4 Å². The van der Waals surface area contributed by atoms with E-state index in [0.29, 0.717) is 11.5 Å². The number of amides is 3. The number of urea groups is 1. The number of aliphatic hydroxyl groups is 1. The van der Waals surface area contributed by atoms with Crippen LogP contribution in [0.15, 0.2) is 52.8 Å². The summed E-state index contributed by atoms with van der Waals surface area (Å²) in [6.07, 6.45) is 1.67. The number of imide groups is 1. The molecule has 3 amide bonds. The van der Waals surface area contributed by atoms with Gasteiger partial charge in [0.2, 0.25) is 11.8 Å². The lowest BCUT2D eigenvalue weighted by Crippen LogP contribution is -2.66. The second kappa shape index (κ2) is 9.00. The number of carbonyl (C=O) groups excluding carboxylic acids is 2. The van der Waals surface area contributed by atoms with Gasteiger partial charge in [-0.3, -0.25) is 4.79 Å². The maximum atomic E-state index is 14.0. The van der Waals surface area contributed by atoms with Gasteiger partial charge in [-0.25, -0.2) is 19.5 Å². The molecule has 3 heterocycles. The van der Waals surface area contributed by atoms with Crippen molar-refractivity contribution in [2.24, 2.45) is 5.41 Å². The summed E-state index contributed by atoms with van der Waals surface area (Å²) in [6.45, 7) is 6.27. The highest BCUT2D eigenvalue weighted by atomic mass is 32.2. The second-order valence-electron chi connectivity index (χ2n) is 10.2. The Hall–Kier alpha value is -3.15. The Balaban J connectivity index is 1.57. The first kappa shape index (κ1) is 25.5. The monoisotopic (exact) mass is 527 g/mol. The Morgan fingerprint density at radius 2 is 2.00 bits per heavy atom. The average molecular weight is 528 g/mol. The van der Waals surface area contributed by atoms with Gasteiger partial charge in [-0.2, -0.15) is 0 Å². The van der Waals surface area contributed by atoms with Gasteiger partial charge in [0, 0.05) is 0 Å². The van der Waals surface area contributed by atoms with Crippen LogP contribution >= 0.6 is 11.8 Å². The highest BCUT2D eigenvalue weighted by molar-refractivity contribution is 8.09. The predicted molar refractivity (Wildman–Crippen MR) is 134 cm³/mol. The molecule has 1 saturated heterocycles. The minimum absolute atomic E-state index is 0.0477. The molecule has 1 spiro atoms. The van der Waals surface area contributed by atoms with Crippen molar-refractivity contribution in [3.8, 4) is 0 Å². The summed E-state index contributed by atoms with van der Waals surface area (Å²) in [4.78, 5) is 47.5. The fourth-order valence-electron chi connectivity index (χ4n) is 5.35. The van der Waals surface area contributed by atoms with Crippen LogP contribution in [0.1, 0.15) is 45.3 Å². The molecule has 2 aliphatic heterocycles.